The summed E-state index contributed by atoms with van der Waals surface area (Å²) in [6.07, 6.45) is 9.22. The third-order valence-corrected chi connectivity index (χ3v) is 7.04. The molecular weight excluding hydrogens is 412 g/mol. The van der Waals surface area contributed by atoms with Crippen LogP contribution in [0.15, 0.2) is 48.0 Å². The Kier molecular flexibility index (Phi) is 7.71. The molecule has 0 radical (unpaired) electrons. The number of nitrogens with one attached hydrogen (secondary N) is 1. The second-order valence-electron chi connectivity index (χ2n) is 9.23. The molecule has 1 aliphatic heterocycles. The number of nitrogens with zero attached hydrogens (tertiary/aromatic N) is 1. The number of methoxy groups -OCH3 is 2. The largest absolute Gasteiger partial charge is 0.493 e. The second-order valence-corrected chi connectivity index (χ2v) is 9.23. The lowest BCUT2D eigenvalue weighted by atomic mass is 9.89. The Morgan fingerprint density at radius 2 is 1.85 bits per heavy atom. The fraction of sp³-hybridized carbons (Fsp3) is 0.464. The molecule has 1 N–H and O–H groups in total. The minimum absolute atomic E-state index is 0.0695. The lowest BCUT2D eigenvalue weighted by molar-refractivity contribution is 0.0952. The van der Waals surface area contributed by atoms with Crippen LogP contribution in [0.1, 0.15) is 60.5 Å². The van der Waals surface area contributed by atoms with Gasteiger partial charge in [-0.2, -0.15) is 0 Å². The van der Waals surface area contributed by atoms with Crippen LogP contribution in [0.3, 0.4) is 0 Å². The van der Waals surface area contributed by atoms with E-state index >= 15 is 0 Å². The standard InChI is InChI=1S/C28H36N2O3/c1-20(17-21-9-5-4-6-10-21)19-29-28(31)24-14-15-26(32-2)27(33-3)25(24)18-23-13-8-16-30(23)22-11-7-12-22/h4-6,9-10,14-15,17,22-23H,7-8,11-13,16,18-19H2,1-3H3,(H,29,31)/t23-/m0/s1. The Hall–Kier alpha value is -2.79. The van der Waals surface area contributed by atoms with E-state index in [0.29, 0.717) is 35.7 Å². The maximum Gasteiger partial charge on any atom is 0.251 e. The van der Waals surface area contributed by atoms with Crippen LogP contribution in [0.5, 0.6) is 11.5 Å². The van der Waals surface area contributed by atoms with Crippen molar-refractivity contribution in [2.75, 3.05) is 27.3 Å². The molecule has 1 saturated heterocycles. The van der Waals surface area contributed by atoms with Crippen LogP contribution < -0.4 is 14.8 Å². The van der Waals surface area contributed by atoms with Gasteiger partial charge in [-0.25, -0.2) is 0 Å². The highest BCUT2D eigenvalue weighted by atomic mass is 16.5. The molecule has 1 aliphatic carbocycles. The molecule has 2 fully saturated rings. The van der Waals surface area contributed by atoms with Gasteiger partial charge in [0, 0.05) is 29.8 Å². The van der Waals surface area contributed by atoms with Gasteiger partial charge in [0.1, 0.15) is 0 Å². The van der Waals surface area contributed by atoms with Crippen LogP contribution in [-0.4, -0.2) is 50.2 Å². The molecule has 1 saturated carbocycles. The van der Waals surface area contributed by atoms with Gasteiger partial charge in [-0.1, -0.05) is 48.4 Å². The monoisotopic (exact) mass is 448 g/mol. The van der Waals surface area contributed by atoms with E-state index in [9.17, 15) is 4.79 Å². The van der Waals surface area contributed by atoms with Crippen LogP contribution >= 0.6 is 0 Å². The molecule has 0 spiro atoms. The van der Waals surface area contributed by atoms with Crippen molar-refractivity contribution in [1.82, 2.24) is 10.2 Å². The van der Waals surface area contributed by atoms with E-state index in [1.807, 2.05) is 37.3 Å². The molecule has 176 valence electrons. The third kappa shape index (κ3) is 5.41. The van der Waals surface area contributed by atoms with Crippen molar-refractivity contribution in [1.29, 1.82) is 0 Å². The van der Waals surface area contributed by atoms with E-state index in [-0.39, 0.29) is 5.91 Å². The van der Waals surface area contributed by atoms with Gasteiger partial charge in [-0.15, -0.1) is 0 Å². The van der Waals surface area contributed by atoms with Gasteiger partial charge in [0.05, 0.1) is 14.2 Å². The number of carbonyl (C=O) groups excluding carboxylic acids is 1. The van der Waals surface area contributed by atoms with Crippen molar-refractivity contribution in [3.05, 3.63) is 64.7 Å². The number of amides is 1. The fourth-order valence-electron chi connectivity index (χ4n) is 5.12. The number of ether oxygens (including phenoxy) is 2. The van der Waals surface area contributed by atoms with Crippen molar-refractivity contribution in [2.45, 2.75) is 57.5 Å². The number of hydrogen-bond acceptors (Lipinski definition) is 4. The normalized spacial score (nSPS) is 19.2. The molecule has 2 aliphatic rings. The summed E-state index contributed by atoms with van der Waals surface area (Å²) in [4.78, 5) is 16.0. The van der Waals surface area contributed by atoms with E-state index in [1.165, 1.54) is 25.7 Å². The average molecular weight is 449 g/mol. The molecule has 5 heteroatoms. The van der Waals surface area contributed by atoms with Gasteiger partial charge < -0.3 is 14.8 Å². The molecule has 2 aromatic carbocycles. The van der Waals surface area contributed by atoms with Gasteiger partial charge in [-0.05, 0) is 63.3 Å². The minimum Gasteiger partial charge on any atom is -0.493 e. The van der Waals surface area contributed by atoms with Crippen LogP contribution in [0, 0.1) is 0 Å². The first-order valence-corrected chi connectivity index (χ1v) is 12.1. The predicted molar refractivity (Wildman–Crippen MR) is 133 cm³/mol. The third-order valence-electron chi connectivity index (χ3n) is 7.04. The minimum atomic E-state index is -0.0695. The highest BCUT2D eigenvalue weighted by molar-refractivity contribution is 5.97. The van der Waals surface area contributed by atoms with Crippen molar-refractivity contribution in [3.8, 4) is 11.5 Å². The van der Waals surface area contributed by atoms with Gasteiger partial charge >= 0.3 is 0 Å². The molecule has 1 amide bonds. The Morgan fingerprint density at radius 1 is 1.06 bits per heavy atom. The number of rotatable bonds is 9. The summed E-state index contributed by atoms with van der Waals surface area (Å²) in [7, 11) is 3.31. The summed E-state index contributed by atoms with van der Waals surface area (Å²) in [5.74, 6) is 1.29. The number of benzene rings is 2. The fourth-order valence-corrected chi connectivity index (χ4v) is 5.12. The Bertz CT molecular complexity index is 982. The molecule has 1 heterocycles. The van der Waals surface area contributed by atoms with Gasteiger partial charge in [0.25, 0.3) is 5.91 Å². The maximum atomic E-state index is 13.3. The molecule has 1 atom stereocenters. The number of carbonyl (C=O) groups is 1. The van der Waals surface area contributed by atoms with Crippen LogP contribution in [-0.2, 0) is 6.42 Å². The van der Waals surface area contributed by atoms with Crippen LogP contribution in [0.25, 0.3) is 6.08 Å². The average Bonchev–Trinajstić information content (AvgIpc) is 3.24. The molecule has 0 unspecified atom stereocenters. The highest BCUT2D eigenvalue weighted by Crippen LogP contribution is 2.38. The molecule has 2 aromatic rings. The summed E-state index contributed by atoms with van der Waals surface area (Å²) in [5, 5.41) is 3.11. The molecular formula is C28H36N2O3. The summed E-state index contributed by atoms with van der Waals surface area (Å²) in [6.45, 7) is 3.70. The van der Waals surface area contributed by atoms with Gasteiger partial charge in [0.2, 0.25) is 0 Å². The molecule has 4 rings (SSSR count). The van der Waals surface area contributed by atoms with E-state index < -0.39 is 0 Å². The topological polar surface area (TPSA) is 50.8 Å². The van der Waals surface area contributed by atoms with Crippen molar-refractivity contribution in [2.24, 2.45) is 0 Å². The van der Waals surface area contributed by atoms with E-state index in [2.05, 4.69) is 28.4 Å². The summed E-state index contributed by atoms with van der Waals surface area (Å²) in [6, 6.07) is 15.0. The zero-order valence-electron chi connectivity index (χ0n) is 20.1. The van der Waals surface area contributed by atoms with Crippen LogP contribution in [0.2, 0.25) is 0 Å². The molecule has 5 nitrogen and oxygen atoms in total. The molecule has 33 heavy (non-hydrogen) atoms. The zero-order chi connectivity index (χ0) is 23.2. The Labute approximate surface area is 197 Å². The van der Waals surface area contributed by atoms with E-state index in [0.717, 1.165) is 36.1 Å². The highest BCUT2D eigenvalue weighted by Gasteiger charge is 2.35. The van der Waals surface area contributed by atoms with Gasteiger partial charge in [-0.3, -0.25) is 9.69 Å². The molecule has 0 aromatic heterocycles. The maximum absolute atomic E-state index is 13.3. The number of hydrogen-bond donors (Lipinski definition) is 1. The van der Waals surface area contributed by atoms with E-state index in [4.69, 9.17) is 9.47 Å². The number of likely N-dealkylation sites (tertiary alicyclic amines) is 1. The summed E-state index contributed by atoms with van der Waals surface area (Å²) >= 11 is 0. The lowest BCUT2D eigenvalue weighted by Gasteiger charge is -2.39. The van der Waals surface area contributed by atoms with E-state index in [1.54, 1.807) is 14.2 Å². The molecule has 0 bridgehead atoms. The lowest BCUT2D eigenvalue weighted by Crippen LogP contribution is -2.44. The Balaban J connectivity index is 1.54. The van der Waals surface area contributed by atoms with Crippen molar-refractivity contribution < 1.29 is 14.3 Å². The van der Waals surface area contributed by atoms with Crippen molar-refractivity contribution >= 4 is 12.0 Å². The summed E-state index contributed by atoms with van der Waals surface area (Å²) in [5.41, 5.74) is 3.87. The van der Waals surface area contributed by atoms with Gasteiger partial charge in [0.15, 0.2) is 11.5 Å². The Morgan fingerprint density at radius 3 is 2.52 bits per heavy atom. The first kappa shape index (κ1) is 23.4. The summed E-state index contributed by atoms with van der Waals surface area (Å²) < 4.78 is 11.3. The zero-order valence-corrected chi connectivity index (χ0v) is 20.1. The van der Waals surface area contributed by atoms with Crippen molar-refractivity contribution in [3.63, 3.8) is 0 Å². The first-order valence-electron chi connectivity index (χ1n) is 12.1. The van der Waals surface area contributed by atoms with Crippen LogP contribution in [0.4, 0.5) is 0 Å². The first-order chi connectivity index (χ1) is 16.1. The smallest absolute Gasteiger partial charge is 0.251 e. The second kappa shape index (κ2) is 10.9. The quantitative estimate of drug-likeness (QED) is 0.580. The predicted octanol–water partition coefficient (Wildman–Crippen LogP) is 5.10. The SMILES string of the molecule is COc1ccc(C(=O)NCC(C)=Cc2ccccc2)c(C[C@@H]2CCCN2C2CCC2)c1OC.